The van der Waals surface area contributed by atoms with Crippen LogP contribution in [0, 0.1) is 6.92 Å². The van der Waals surface area contributed by atoms with Crippen LogP contribution < -0.4 is 5.73 Å². The van der Waals surface area contributed by atoms with E-state index in [4.69, 9.17) is 10.5 Å². The highest BCUT2D eigenvalue weighted by Gasteiger charge is 2.09. The molecule has 0 saturated heterocycles. The Labute approximate surface area is 90.9 Å². The van der Waals surface area contributed by atoms with Gasteiger partial charge in [-0.15, -0.1) is 0 Å². The molecule has 1 unspecified atom stereocenters. The zero-order chi connectivity index (χ0) is 11.4. The second kappa shape index (κ2) is 5.07. The molecule has 0 bridgehead atoms. The fourth-order valence-electron chi connectivity index (χ4n) is 1.41. The number of nitrogens with two attached hydrogens (primary N) is 1. The Balaban J connectivity index is 2.95. The summed E-state index contributed by atoms with van der Waals surface area (Å²) in [5, 5.41) is 0. The van der Waals surface area contributed by atoms with Crippen LogP contribution in [-0.4, -0.2) is 23.2 Å². The van der Waals surface area contributed by atoms with Gasteiger partial charge >= 0.3 is 0 Å². The van der Waals surface area contributed by atoms with E-state index in [1.165, 1.54) is 0 Å². The lowest BCUT2D eigenvalue weighted by molar-refractivity contribution is 0.117. The van der Waals surface area contributed by atoms with Crippen LogP contribution in [0.3, 0.4) is 0 Å². The third-order valence-electron chi connectivity index (χ3n) is 2.54. The van der Waals surface area contributed by atoms with Crippen molar-refractivity contribution in [3.63, 3.8) is 0 Å². The van der Waals surface area contributed by atoms with E-state index in [0.29, 0.717) is 12.2 Å². The largest absolute Gasteiger partial charge is 0.383 e. The average Bonchev–Trinajstić information content (AvgIpc) is 2.22. The average molecular weight is 209 g/mol. The van der Waals surface area contributed by atoms with Gasteiger partial charge in [-0.25, -0.2) is 9.97 Å². The van der Waals surface area contributed by atoms with E-state index in [1.807, 2.05) is 13.8 Å². The van der Waals surface area contributed by atoms with Crippen LogP contribution in [0.4, 0.5) is 5.82 Å². The van der Waals surface area contributed by atoms with Gasteiger partial charge in [-0.2, -0.15) is 0 Å². The fraction of sp³-hybridized carbons (Fsp3) is 0.636. The number of aryl methyl sites for hydroxylation is 1. The normalized spacial score (nSPS) is 12.8. The van der Waals surface area contributed by atoms with Gasteiger partial charge in [0.25, 0.3) is 0 Å². The number of hydrogen-bond acceptors (Lipinski definition) is 4. The van der Waals surface area contributed by atoms with Gasteiger partial charge in [-0.3, -0.25) is 0 Å². The highest BCUT2D eigenvalue weighted by Crippen LogP contribution is 2.13. The molecular formula is C11H19N3O. The van der Waals surface area contributed by atoms with E-state index in [-0.39, 0.29) is 6.10 Å². The Morgan fingerprint density at radius 3 is 2.60 bits per heavy atom. The number of nitrogens with zero attached hydrogens (tertiary/aromatic N) is 2. The Bertz CT molecular complexity index is 339. The highest BCUT2D eigenvalue weighted by atomic mass is 16.5. The Morgan fingerprint density at radius 2 is 2.07 bits per heavy atom. The summed E-state index contributed by atoms with van der Waals surface area (Å²) in [6.07, 6.45) is 1.71. The minimum Gasteiger partial charge on any atom is -0.383 e. The van der Waals surface area contributed by atoms with Gasteiger partial charge in [0.2, 0.25) is 0 Å². The molecule has 1 atom stereocenters. The van der Waals surface area contributed by atoms with Crippen LogP contribution in [0.5, 0.6) is 0 Å². The van der Waals surface area contributed by atoms with Crippen LogP contribution in [0.2, 0.25) is 0 Å². The summed E-state index contributed by atoms with van der Waals surface area (Å²) in [7, 11) is 1.68. The molecule has 15 heavy (non-hydrogen) atoms. The van der Waals surface area contributed by atoms with E-state index in [0.717, 1.165) is 23.5 Å². The molecule has 0 aliphatic carbocycles. The first-order chi connectivity index (χ1) is 7.08. The molecule has 0 aromatic carbocycles. The number of methoxy groups -OCH3 is 1. The second-order valence-electron chi connectivity index (χ2n) is 3.70. The van der Waals surface area contributed by atoms with Gasteiger partial charge in [0, 0.05) is 24.8 Å². The molecule has 1 rings (SSSR count). The number of hydrogen-bond donors (Lipinski definition) is 1. The summed E-state index contributed by atoms with van der Waals surface area (Å²) in [4.78, 5) is 8.72. The van der Waals surface area contributed by atoms with Crippen molar-refractivity contribution in [1.82, 2.24) is 9.97 Å². The lowest BCUT2D eigenvalue weighted by atomic mass is 10.2. The van der Waals surface area contributed by atoms with Crippen molar-refractivity contribution in [3.05, 3.63) is 17.1 Å². The summed E-state index contributed by atoms with van der Waals surface area (Å²) < 4.78 is 5.18. The Hall–Kier alpha value is -1.16. The molecule has 0 fully saturated rings. The van der Waals surface area contributed by atoms with Crippen molar-refractivity contribution in [3.8, 4) is 0 Å². The molecule has 1 aromatic heterocycles. The minimum atomic E-state index is 0.122. The van der Waals surface area contributed by atoms with Gasteiger partial charge in [0.05, 0.1) is 6.10 Å². The molecule has 4 nitrogen and oxygen atoms in total. The molecule has 1 aromatic rings. The Kier molecular flexibility index (Phi) is 4.03. The van der Waals surface area contributed by atoms with Gasteiger partial charge in [-0.05, 0) is 20.3 Å². The quantitative estimate of drug-likeness (QED) is 0.816. The standard InChI is InChI=1S/C11H19N3O/c1-5-9-8(3)11(12)14-10(13-9)6-7(2)15-4/h7H,5-6H2,1-4H3,(H2,12,13,14). The summed E-state index contributed by atoms with van der Waals surface area (Å²) in [5.74, 6) is 1.35. The summed E-state index contributed by atoms with van der Waals surface area (Å²) in [6, 6.07) is 0. The number of nitrogen functional groups attached to an aromatic ring is 1. The maximum atomic E-state index is 5.82. The summed E-state index contributed by atoms with van der Waals surface area (Å²) >= 11 is 0. The van der Waals surface area contributed by atoms with Gasteiger partial charge in [-0.1, -0.05) is 6.92 Å². The lowest BCUT2D eigenvalue weighted by Gasteiger charge is -2.11. The highest BCUT2D eigenvalue weighted by molar-refractivity contribution is 5.41. The van der Waals surface area contributed by atoms with E-state index >= 15 is 0 Å². The second-order valence-corrected chi connectivity index (χ2v) is 3.70. The molecule has 0 aliphatic rings. The van der Waals surface area contributed by atoms with Crippen molar-refractivity contribution in [1.29, 1.82) is 0 Å². The van der Waals surface area contributed by atoms with Gasteiger partial charge in [0.15, 0.2) is 0 Å². The van der Waals surface area contributed by atoms with Crippen LogP contribution >= 0.6 is 0 Å². The third kappa shape index (κ3) is 2.89. The van der Waals surface area contributed by atoms with Crippen LogP contribution in [0.1, 0.15) is 30.9 Å². The van der Waals surface area contributed by atoms with Crippen molar-refractivity contribution in [2.75, 3.05) is 12.8 Å². The first-order valence-corrected chi connectivity index (χ1v) is 5.23. The zero-order valence-electron chi connectivity index (χ0n) is 9.87. The first-order valence-electron chi connectivity index (χ1n) is 5.23. The smallest absolute Gasteiger partial charge is 0.133 e. The molecule has 0 spiro atoms. The van der Waals surface area contributed by atoms with E-state index < -0.39 is 0 Å². The predicted octanol–water partition coefficient (Wildman–Crippen LogP) is 1.51. The number of aromatic nitrogens is 2. The molecule has 0 saturated carbocycles. The molecule has 2 N–H and O–H groups in total. The molecule has 0 amide bonds. The lowest BCUT2D eigenvalue weighted by Crippen LogP contribution is -2.14. The molecule has 4 heteroatoms. The topological polar surface area (TPSA) is 61.0 Å². The van der Waals surface area contributed by atoms with Crippen LogP contribution in [-0.2, 0) is 17.6 Å². The summed E-state index contributed by atoms with van der Waals surface area (Å²) in [5.41, 5.74) is 7.84. The molecule has 0 aliphatic heterocycles. The monoisotopic (exact) mass is 209 g/mol. The van der Waals surface area contributed by atoms with E-state index in [1.54, 1.807) is 7.11 Å². The van der Waals surface area contributed by atoms with E-state index in [2.05, 4.69) is 16.9 Å². The molecule has 1 heterocycles. The maximum Gasteiger partial charge on any atom is 0.133 e. The number of anilines is 1. The van der Waals surface area contributed by atoms with Crippen molar-refractivity contribution in [2.24, 2.45) is 0 Å². The Morgan fingerprint density at radius 1 is 1.40 bits per heavy atom. The predicted molar refractivity (Wildman–Crippen MR) is 60.7 cm³/mol. The fourth-order valence-corrected chi connectivity index (χ4v) is 1.41. The zero-order valence-corrected chi connectivity index (χ0v) is 9.87. The van der Waals surface area contributed by atoms with Crippen molar-refractivity contribution < 1.29 is 4.74 Å². The van der Waals surface area contributed by atoms with Gasteiger partial charge in [0.1, 0.15) is 11.6 Å². The van der Waals surface area contributed by atoms with Crippen LogP contribution in [0.15, 0.2) is 0 Å². The number of rotatable bonds is 4. The first kappa shape index (κ1) is 11.9. The third-order valence-corrected chi connectivity index (χ3v) is 2.54. The van der Waals surface area contributed by atoms with E-state index in [9.17, 15) is 0 Å². The van der Waals surface area contributed by atoms with Crippen molar-refractivity contribution >= 4 is 5.82 Å². The number of ether oxygens (including phenoxy) is 1. The molecular weight excluding hydrogens is 190 g/mol. The maximum absolute atomic E-state index is 5.82. The minimum absolute atomic E-state index is 0.122. The SMILES string of the molecule is CCc1nc(CC(C)OC)nc(N)c1C. The molecule has 84 valence electrons. The van der Waals surface area contributed by atoms with Gasteiger partial charge < -0.3 is 10.5 Å². The summed E-state index contributed by atoms with van der Waals surface area (Å²) in [6.45, 7) is 6.01. The van der Waals surface area contributed by atoms with Crippen LogP contribution in [0.25, 0.3) is 0 Å². The van der Waals surface area contributed by atoms with Crippen molar-refractivity contribution in [2.45, 2.75) is 39.7 Å². The molecule has 0 radical (unpaired) electrons.